The van der Waals surface area contributed by atoms with E-state index >= 15 is 0 Å². The molecule has 2 N–H and O–H groups in total. The van der Waals surface area contributed by atoms with Crippen LogP contribution in [0, 0.1) is 0 Å². The minimum atomic E-state index is -0.0951. The fourth-order valence-electron chi connectivity index (χ4n) is 2.05. The van der Waals surface area contributed by atoms with Crippen molar-refractivity contribution in [3.8, 4) is 5.75 Å². The molecule has 1 amide bonds. The van der Waals surface area contributed by atoms with Crippen LogP contribution in [0.4, 0.5) is 5.69 Å². The van der Waals surface area contributed by atoms with Gasteiger partial charge in [0.1, 0.15) is 5.75 Å². The van der Waals surface area contributed by atoms with Gasteiger partial charge in [-0.3, -0.25) is 4.79 Å². The van der Waals surface area contributed by atoms with E-state index in [4.69, 9.17) is 4.74 Å². The molecule has 2 aromatic rings. The number of carbonyl (C=O) groups excluding carboxylic acids is 1. The number of amides is 1. The second kappa shape index (κ2) is 7.45. The van der Waals surface area contributed by atoms with E-state index in [1.807, 2.05) is 61.5 Å². The molecule has 4 nitrogen and oxygen atoms in total. The van der Waals surface area contributed by atoms with Crippen LogP contribution in [0.1, 0.15) is 18.5 Å². The van der Waals surface area contributed by atoms with E-state index in [1.54, 1.807) is 7.11 Å². The van der Waals surface area contributed by atoms with Crippen molar-refractivity contribution >= 4 is 11.6 Å². The number of methoxy groups -OCH3 is 1. The van der Waals surface area contributed by atoms with Crippen molar-refractivity contribution in [3.05, 3.63) is 60.2 Å². The summed E-state index contributed by atoms with van der Waals surface area (Å²) in [6, 6.07) is 17.5. The van der Waals surface area contributed by atoms with Crippen LogP contribution in [0.2, 0.25) is 0 Å². The number of hydrogen-bond donors (Lipinski definition) is 2. The first-order chi connectivity index (χ1) is 10.2. The average molecular weight is 284 g/mol. The van der Waals surface area contributed by atoms with Gasteiger partial charge in [-0.25, -0.2) is 0 Å². The van der Waals surface area contributed by atoms with Crippen LogP contribution < -0.4 is 15.4 Å². The van der Waals surface area contributed by atoms with Gasteiger partial charge in [0.05, 0.1) is 19.3 Å². The first kappa shape index (κ1) is 15.1. The van der Waals surface area contributed by atoms with Gasteiger partial charge in [0.2, 0.25) is 5.91 Å². The maximum absolute atomic E-state index is 12.0. The number of benzene rings is 2. The van der Waals surface area contributed by atoms with E-state index < -0.39 is 0 Å². The standard InChI is InChI=1S/C17H20N2O2/c1-13(14-8-4-3-5-9-14)18-12-17(20)19-15-10-6-7-11-16(15)21-2/h3-11,13,18H,12H2,1-2H3,(H,19,20)/t13-/m0/s1. The molecule has 0 radical (unpaired) electrons. The molecule has 0 fully saturated rings. The van der Waals surface area contributed by atoms with Gasteiger partial charge in [-0.05, 0) is 24.6 Å². The summed E-state index contributed by atoms with van der Waals surface area (Å²) < 4.78 is 5.21. The van der Waals surface area contributed by atoms with E-state index in [-0.39, 0.29) is 18.5 Å². The zero-order valence-electron chi connectivity index (χ0n) is 12.3. The third kappa shape index (κ3) is 4.33. The summed E-state index contributed by atoms with van der Waals surface area (Å²) in [6.45, 7) is 2.28. The lowest BCUT2D eigenvalue weighted by atomic mass is 10.1. The van der Waals surface area contributed by atoms with Gasteiger partial charge < -0.3 is 15.4 Å². The molecule has 0 bridgehead atoms. The fraction of sp³-hybridized carbons (Fsp3) is 0.235. The number of rotatable bonds is 6. The van der Waals surface area contributed by atoms with Crippen molar-refractivity contribution in [1.29, 1.82) is 0 Å². The quantitative estimate of drug-likeness (QED) is 0.857. The highest BCUT2D eigenvalue weighted by molar-refractivity contribution is 5.93. The van der Waals surface area contributed by atoms with Crippen molar-refractivity contribution in [3.63, 3.8) is 0 Å². The van der Waals surface area contributed by atoms with Crippen molar-refractivity contribution in [2.75, 3.05) is 19.0 Å². The highest BCUT2D eigenvalue weighted by Gasteiger charge is 2.09. The normalized spacial score (nSPS) is 11.7. The van der Waals surface area contributed by atoms with Crippen LogP contribution in [0.15, 0.2) is 54.6 Å². The molecule has 0 aromatic heterocycles. The van der Waals surface area contributed by atoms with Crippen LogP contribution in [0.5, 0.6) is 5.75 Å². The number of carbonyl (C=O) groups is 1. The Morgan fingerprint density at radius 1 is 1.10 bits per heavy atom. The van der Waals surface area contributed by atoms with Gasteiger partial charge in [0.15, 0.2) is 0 Å². The zero-order chi connectivity index (χ0) is 15.1. The molecule has 0 saturated carbocycles. The van der Waals surface area contributed by atoms with E-state index in [0.29, 0.717) is 11.4 Å². The molecule has 21 heavy (non-hydrogen) atoms. The Morgan fingerprint density at radius 2 is 1.76 bits per heavy atom. The second-order valence-electron chi connectivity index (χ2n) is 4.76. The van der Waals surface area contributed by atoms with E-state index in [9.17, 15) is 4.79 Å². The maximum Gasteiger partial charge on any atom is 0.238 e. The molecule has 4 heteroatoms. The lowest BCUT2D eigenvalue weighted by molar-refractivity contribution is -0.115. The smallest absolute Gasteiger partial charge is 0.238 e. The molecular formula is C17H20N2O2. The number of hydrogen-bond acceptors (Lipinski definition) is 3. The molecule has 0 aliphatic heterocycles. The highest BCUT2D eigenvalue weighted by Crippen LogP contribution is 2.22. The number of anilines is 1. The lowest BCUT2D eigenvalue weighted by Crippen LogP contribution is -2.30. The molecule has 0 saturated heterocycles. The molecule has 0 heterocycles. The van der Waals surface area contributed by atoms with E-state index in [1.165, 1.54) is 0 Å². The third-order valence-corrected chi connectivity index (χ3v) is 3.25. The molecule has 0 aliphatic carbocycles. The van der Waals surface area contributed by atoms with Gasteiger partial charge in [-0.15, -0.1) is 0 Å². The van der Waals surface area contributed by atoms with Crippen molar-refractivity contribution in [1.82, 2.24) is 5.32 Å². The molecule has 1 atom stereocenters. The number of nitrogens with one attached hydrogen (secondary N) is 2. The van der Waals surface area contributed by atoms with Crippen molar-refractivity contribution < 1.29 is 9.53 Å². The summed E-state index contributed by atoms with van der Waals surface area (Å²) in [5.41, 5.74) is 1.83. The predicted octanol–water partition coefficient (Wildman–Crippen LogP) is 2.98. The average Bonchev–Trinajstić information content (AvgIpc) is 2.54. The largest absolute Gasteiger partial charge is 0.495 e. The molecule has 110 valence electrons. The summed E-state index contributed by atoms with van der Waals surface area (Å²) in [7, 11) is 1.58. The highest BCUT2D eigenvalue weighted by atomic mass is 16.5. The molecule has 2 rings (SSSR count). The molecular weight excluding hydrogens is 264 g/mol. The van der Waals surface area contributed by atoms with Crippen LogP contribution >= 0.6 is 0 Å². The fourth-order valence-corrected chi connectivity index (χ4v) is 2.05. The summed E-state index contributed by atoms with van der Waals surface area (Å²) in [5, 5.41) is 6.05. The topological polar surface area (TPSA) is 50.4 Å². The molecule has 2 aromatic carbocycles. The van der Waals surface area contributed by atoms with Crippen LogP contribution in [0.25, 0.3) is 0 Å². The first-order valence-corrected chi connectivity index (χ1v) is 6.92. The Bertz CT molecular complexity index is 584. The SMILES string of the molecule is COc1ccccc1NC(=O)CN[C@@H](C)c1ccccc1. The molecule has 0 unspecified atom stereocenters. The zero-order valence-corrected chi connectivity index (χ0v) is 12.3. The Hall–Kier alpha value is -2.33. The number of para-hydroxylation sites is 2. The minimum Gasteiger partial charge on any atom is -0.495 e. The maximum atomic E-state index is 12.0. The minimum absolute atomic E-state index is 0.0951. The molecule has 0 spiro atoms. The monoisotopic (exact) mass is 284 g/mol. The Kier molecular flexibility index (Phi) is 5.35. The summed E-state index contributed by atoms with van der Waals surface area (Å²) in [4.78, 5) is 12.0. The summed E-state index contributed by atoms with van der Waals surface area (Å²) in [6.07, 6.45) is 0. The summed E-state index contributed by atoms with van der Waals surface area (Å²) >= 11 is 0. The van der Waals surface area contributed by atoms with Gasteiger partial charge in [-0.2, -0.15) is 0 Å². The summed E-state index contributed by atoms with van der Waals surface area (Å²) in [5.74, 6) is 0.559. The van der Waals surface area contributed by atoms with Gasteiger partial charge in [0.25, 0.3) is 0 Å². The van der Waals surface area contributed by atoms with E-state index in [0.717, 1.165) is 5.56 Å². The van der Waals surface area contributed by atoms with Gasteiger partial charge in [0, 0.05) is 6.04 Å². The van der Waals surface area contributed by atoms with Gasteiger partial charge in [-0.1, -0.05) is 42.5 Å². The van der Waals surface area contributed by atoms with Crippen molar-refractivity contribution in [2.45, 2.75) is 13.0 Å². The van der Waals surface area contributed by atoms with Crippen molar-refractivity contribution in [2.24, 2.45) is 0 Å². The molecule has 0 aliphatic rings. The Morgan fingerprint density at radius 3 is 2.48 bits per heavy atom. The van der Waals surface area contributed by atoms with Gasteiger partial charge >= 0.3 is 0 Å². The van der Waals surface area contributed by atoms with Crippen LogP contribution in [0.3, 0.4) is 0 Å². The number of ether oxygens (including phenoxy) is 1. The van der Waals surface area contributed by atoms with Crippen LogP contribution in [-0.2, 0) is 4.79 Å². The van der Waals surface area contributed by atoms with E-state index in [2.05, 4.69) is 10.6 Å². The first-order valence-electron chi connectivity index (χ1n) is 6.92. The Balaban J connectivity index is 1.88. The predicted molar refractivity (Wildman–Crippen MR) is 84.5 cm³/mol. The van der Waals surface area contributed by atoms with Crippen LogP contribution in [-0.4, -0.2) is 19.6 Å². The second-order valence-corrected chi connectivity index (χ2v) is 4.76. The third-order valence-electron chi connectivity index (χ3n) is 3.25. The Labute approximate surface area is 125 Å². The lowest BCUT2D eigenvalue weighted by Gasteiger charge is -2.15.